The lowest BCUT2D eigenvalue weighted by molar-refractivity contribution is -0.384. The number of aromatic nitrogens is 1. The third kappa shape index (κ3) is 2.60. The van der Waals surface area contributed by atoms with Crippen LogP contribution in [0.3, 0.4) is 0 Å². The molecule has 0 radical (unpaired) electrons. The second-order valence-electron chi connectivity index (χ2n) is 4.50. The molecule has 8 heteroatoms. The molecule has 0 unspecified atom stereocenters. The van der Waals surface area contributed by atoms with Crippen LogP contribution in [0.15, 0.2) is 12.3 Å². The van der Waals surface area contributed by atoms with Gasteiger partial charge in [-0.25, -0.2) is 9.78 Å². The fourth-order valence-electron chi connectivity index (χ4n) is 2.26. The predicted octanol–water partition coefficient (Wildman–Crippen LogP) is 2.45. The van der Waals surface area contributed by atoms with E-state index in [0.29, 0.717) is 12.8 Å². The standard InChI is InChI=1S/C11H12ClN3O4/c12-7-5-8(15(18)19)9(13-6-7)14-11(10(16)17)3-1-2-4-11/h5-6H,1-4H2,(H,13,14)(H,16,17). The van der Waals surface area contributed by atoms with E-state index in [-0.39, 0.29) is 16.5 Å². The van der Waals surface area contributed by atoms with E-state index in [4.69, 9.17) is 11.6 Å². The van der Waals surface area contributed by atoms with Crippen LogP contribution in [0.1, 0.15) is 25.7 Å². The molecule has 2 N–H and O–H groups in total. The number of hydrogen-bond donors (Lipinski definition) is 2. The summed E-state index contributed by atoms with van der Waals surface area (Å²) in [7, 11) is 0. The van der Waals surface area contributed by atoms with E-state index >= 15 is 0 Å². The normalized spacial score (nSPS) is 17.1. The van der Waals surface area contributed by atoms with Crippen molar-refractivity contribution in [3.8, 4) is 0 Å². The van der Waals surface area contributed by atoms with E-state index in [0.717, 1.165) is 18.9 Å². The van der Waals surface area contributed by atoms with Gasteiger partial charge in [0.25, 0.3) is 0 Å². The molecule has 0 aromatic carbocycles. The molecule has 1 aromatic heterocycles. The van der Waals surface area contributed by atoms with Crippen molar-refractivity contribution in [1.29, 1.82) is 0 Å². The number of rotatable bonds is 4. The first-order chi connectivity index (χ1) is 8.94. The minimum absolute atomic E-state index is 0.0568. The fourth-order valence-corrected chi connectivity index (χ4v) is 2.41. The van der Waals surface area contributed by atoms with Gasteiger partial charge in [-0.3, -0.25) is 10.1 Å². The zero-order chi connectivity index (χ0) is 14.0. The second kappa shape index (κ2) is 5.00. The average Bonchev–Trinajstić information content (AvgIpc) is 2.81. The maximum absolute atomic E-state index is 11.4. The lowest BCUT2D eigenvalue weighted by Crippen LogP contribution is -2.44. The maximum atomic E-state index is 11.4. The first-order valence-electron chi connectivity index (χ1n) is 5.76. The largest absolute Gasteiger partial charge is 0.480 e. The summed E-state index contributed by atoms with van der Waals surface area (Å²) in [5.74, 6) is -1.07. The highest BCUT2D eigenvalue weighted by atomic mass is 35.5. The van der Waals surface area contributed by atoms with E-state index in [9.17, 15) is 20.0 Å². The molecule has 1 aliphatic carbocycles. The van der Waals surface area contributed by atoms with Gasteiger partial charge in [-0.15, -0.1) is 0 Å². The highest BCUT2D eigenvalue weighted by molar-refractivity contribution is 6.30. The highest BCUT2D eigenvalue weighted by Crippen LogP contribution is 2.36. The molecule has 1 heterocycles. The predicted molar refractivity (Wildman–Crippen MR) is 68.4 cm³/mol. The summed E-state index contributed by atoms with van der Waals surface area (Å²) in [6, 6.07) is 1.15. The van der Waals surface area contributed by atoms with Crippen molar-refractivity contribution >= 4 is 29.1 Å². The number of carbonyl (C=O) groups is 1. The number of carboxylic acids is 1. The molecule has 1 aliphatic rings. The number of halogens is 1. The Kier molecular flexibility index (Phi) is 3.57. The van der Waals surface area contributed by atoms with Crippen LogP contribution in [-0.2, 0) is 4.79 Å². The zero-order valence-corrected chi connectivity index (χ0v) is 10.7. The van der Waals surface area contributed by atoms with Crippen molar-refractivity contribution in [1.82, 2.24) is 4.98 Å². The van der Waals surface area contributed by atoms with Gasteiger partial charge in [0, 0.05) is 12.3 Å². The van der Waals surface area contributed by atoms with Gasteiger partial charge >= 0.3 is 11.7 Å². The van der Waals surface area contributed by atoms with E-state index in [2.05, 4.69) is 10.3 Å². The third-order valence-electron chi connectivity index (χ3n) is 3.26. The van der Waals surface area contributed by atoms with E-state index < -0.39 is 16.4 Å². The van der Waals surface area contributed by atoms with Crippen LogP contribution in [0.5, 0.6) is 0 Å². The van der Waals surface area contributed by atoms with Gasteiger partial charge < -0.3 is 10.4 Å². The lowest BCUT2D eigenvalue weighted by Gasteiger charge is -2.25. The van der Waals surface area contributed by atoms with E-state index in [1.165, 1.54) is 6.20 Å². The molecule has 1 aromatic rings. The van der Waals surface area contributed by atoms with Crippen LogP contribution in [-0.4, -0.2) is 26.5 Å². The Hall–Kier alpha value is -1.89. The van der Waals surface area contributed by atoms with Crippen LogP contribution in [0.2, 0.25) is 5.02 Å². The first kappa shape index (κ1) is 13.5. The topological polar surface area (TPSA) is 105 Å². The first-order valence-corrected chi connectivity index (χ1v) is 6.14. The molecular formula is C11H12ClN3O4. The summed E-state index contributed by atoms with van der Waals surface area (Å²) in [5.41, 5.74) is -1.49. The van der Waals surface area contributed by atoms with Gasteiger partial charge in [0.2, 0.25) is 5.82 Å². The molecular weight excluding hydrogens is 274 g/mol. The van der Waals surface area contributed by atoms with Gasteiger partial charge in [-0.2, -0.15) is 0 Å². The second-order valence-corrected chi connectivity index (χ2v) is 4.93. The van der Waals surface area contributed by atoms with Gasteiger partial charge in [0.1, 0.15) is 5.54 Å². The average molecular weight is 286 g/mol. The Bertz CT molecular complexity index is 529. The number of anilines is 1. The lowest BCUT2D eigenvalue weighted by atomic mass is 9.98. The summed E-state index contributed by atoms with van der Waals surface area (Å²) in [6.07, 6.45) is 3.62. The van der Waals surface area contributed by atoms with Gasteiger partial charge in [-0.05, 0) is 12.8 Å². The van der Waals surface area contributed by atoms with Crippen molar-refractivity contribution in [2.45, 2.75) is 31.2 Å². The molecule has 0 saturated heterocycles. The molecule has 0 amide bonds. The Morgan fingerprint density at radius 3 is 2.68 bits per heavy atom. The molecule has 102 valence electrons. The molecule has 1 fully saturated rings. The summed E-state index contributed by atoms with van der Waals surface area (Å²) >= 11 is 5.66. The molecule has 0 bridgehead atoms. The number of nitro groups is 1. The monoisotopic (exact) mass is 285 g/mol. The summed E-state index contributed by atoms with van der Waals surface area (Å²) < 4.78 is 0. The molecule has 0 spiro atoms. The quantitative estimate of drug-likeness (QED) is 0.650. The van der Waals surface area contributed by atoms with Crippen LogP contribution in [0.25, 0.3) is 0 Å². The zero-order valence-electron chi connectivity index (χ0n) is 9.93. The number of carboxylic acid groups (broad SMARTS) is 1. The Balaban J connectivity index is 2.37. The molecule has 19 heavy (non-hydrogen) atoms. The smallest absolute Gasteiger partial charge is 0.329 e. The number of nitrogens with one attached hydrogen (secondary N) is 1. The minimum Gasteiger partial charge on any atom is -0.480 e. The molecule has 1 saturated carbocycles. The van der Waals surface area contributed by atoms with Crippen molar-refractivity contribution in [2.75, 3.05) is 5.32 Å². The van der Waals surface area contributed by atoms with Crippen LogP contribution < -0.4 is 5.32 Å². The van der Waals surface area contributed by atoms with E-state index in [1.807, 2.05) is 0 Å². The third-order valence-corrected chi connectivity index (χ3v) is 3.46. The Labute approximate surface area is 113 Å². The SMILES string of the molecule is O=C(O)C1(Nc2ncc(Cl)cc2[N+](=O)[O-])CCCC1. The fraction of sp³-hybridized carbons (Fsp3) is 0.455. The van der Waals surface area contributed by atoms with Crippen molar-refractivity contribution < 1.29 is 14.8 Å². The molecule has 7 nitrogen and oxygen atoms in total. The summed E-state index contributed by atoms with van der Waals surface area (Å²) in [5, 5.41) is 23.1. The van der Waals surface area contributed by atoms with E-state index in [1.54, 1.807) is 0 Å². The van der Waals surface area contributed by atoms with Crippen LogP contribution in [0.4, 0.5) is 11.5 Å². The highest BCUT2D eigenvalue weighted by Gasteiger charge is 2.42. The van der Waals surface area contributed by atoms with Crippen LogP contribution >= 0.6 is 11.6 Å². The Morgan fingerprint density at radius 1 is 1.53 bits per heavy atom. The molecule has 0 aliphatic heterocycles. The number of aliphatic carboxylic acids is 1. The van der Waals surface area contributed by atoms with Crippen LogP contribution in [0, 0.1) is 10.1 Å². The Morgan fingerprint density at radius 2 is 2.16 bits per heavy atom. The number of pyridine rings is 1. The van der Waals surface area contributed by atoms with Crippen molar-refractivity contribution in [3.05, 3.63) is 27.4 Å². The molecule has 0 atom stereocenters. The van der Waals surface area contributed by atoms with Gasteiger partial charge in [0.15, 0.2) is 0 Å². The maximum Gasteiger partial charge on any atom is 0.329 e. The number of hydrogen-bond acceptors (Lipinski definition) is 5. The van der Waals surface area contributed by atoms with Gasteiger partial charge in [-0.1, -0.05) is 24.4 Å². The number of nitrogens with zero attached hydrogens (tertiary/aromatic N) is 2. The minimum atomic E-state index is -1.18. The van der Waals surface area contributed by atoms with Crippen molar-refractivity contribution in [2.24, 2.45) is 0 Å². The molecule has 2 rings (SSSR count). The van der Waals surface area contributed by atoms with Crippen molar-refractivity contribution in [3.63, 3.8) is 0 Å². The summed E-state index contributed by atoms with van der Waals surface area (Å²) in [6.45, 7) is 0. The summed E-state index contributed by atoms with van der Waals surface area (Å²) in [4.78, 5) is 25.5. The van der Waals surface area contributed by atoms with Gasteiger partial charge in [0.05, 0.1) is 9.95 Å².